The molecule has 0 aliphatic carbocycles. The maximum Gasteiger partial charge on any atom is 0.342 e. The number of para-hydroxylation sites is 1. The smallest absolute Gasteiger partial charge is 0.342 e. The molecule has 5 nitrogen and oxygen atoms in total. The molecule has 0 saturated carbocycles. The van der Waals surface area contributed by atoms with Gasteiger partial charge in [-0.05, 0) is 31.2 Å². The Kier molecular flexibility index (Phi) is 4.95. The van der Waals surface area contributed by atoms with Gasteiger partial charge in [0.15, 0.2) is 5.78 Å². The minimum atomic E-state index is -0.595. The summed E-state index contributed by atoms with van der Waals surface area (Å²) in [6.07, 6.45) is 1.60. The molecule has 0 spiro atoms. The maximum atomic E-state index is 12.4. The van der Waals surface area contributed by atoms with Crippen molar-refractivity contribution in [2.75, 3.05) is 6.61 Å². The number of carbonyl (C=O) groups excluding carboxylic acids is 2. The number of ether oxygens (including phenoxy) is 1. The van der Waals surface area contributed by atoms with Gasteiger partial charge in [0.05, 0.1) is 5.69 Å². The molecule has 126 valence electrons. The molecule has 2 aromatic carbocycles. The Bertz CT molecular complexity index is 902. The first-order valence-corrected chi connectivity index (χ1v) is 8.00. The zero-order chi connectivity index (χ0) is 17.8. The molecule has 0 saturated heterocycles. The normalized spacial score (nSPS) is 10.5. The molecular formula is C19H15ClN2O3. The van der Waals surface area contributed by atoms with E-state index in [1.54, 1.807) is 35.1 Å². The van der Waals surface area contributed by atoms with Gasteiger partial charge in [0.1, 0.15) is 17.9 Å². The van der Waals surface area contributed by atoms with Crippen molar-refractivity contribution >= 4 is 23.4 Å². The Hall–Kier alpha value is -2.92. The van der Waals surface area contributed by atoms with Crippen LogP contribution in [0.5, 0.6) is 0 Å². The molecule has 0 aliphatic rings. The van der Waals surface area contributed by atoms with Crippen LogP contribution >= 0.6 is 11.6 Å². The largest absolute Gasteiger partial charge is 0.454 e. The van der Waals surface area contributed by atoms with Crippen molar-refractivity contribution in [1.29, 1.82) is 0 Å². The standard InChI is InChI=1S/C19H15ClN2O3/c1-13(23)12-25-19(24)17-11-22(16-5-3-2-4-6-16)21-18(17)14-7-9-15(20)10-8-14/h2-11H,12H2,1H3. The molecule has 25 heavy (non-hydrogen) atoms. The van der Waals surface area contributed by atoms with E-state index >= 15 is 0 Å². The Morgan fingerprint density at radius 3 is 2.40 bits per heavy atom. The van der Waals surface area contributed by atoms with Crippen LogP contribution in [0, 0.1) is 0 Å². The van der Waals surface area contributed by atoms with Crippen molar-refractivity contribution < 1.29 is 14.3 Å². The molecule has 0 bridgehead atoms. The fourth-order valence-electron chi connectivity index (χ4n) is 2.30. The molecule has 0 amide bonds. The molecule has 0 radical (unpaired) electrons. The summed E-state index contributed by atoms with van der Waals surface area (Å²) >= 11 is 5.93. The summed E-state index contributed by atoms with van der Waals surface area (Å²) in [5.74, 6) is -0.820. The van der Waals surface area contributed by atoms with Crippen molar-refractivity contribution in [3.63, 3.8) is 0 Å². The highest BCUT2D eigenvalue weighted by atomic mass is 35.5. The lowest BCUT2D eigenvalue weighted by Crippen LogP contribution is -2.11. The van der Waals surface area contributed by atoms with Gasteiger partial charge in [0, 0.05) is 16.8 Å². The predicted molar refractivity (Wildman–Crippen MR) is 95.0 cm³/mol. The van der Waals surface area contributed by atoms with E-state index in [4.69, 9.17) is 16.3 Å². The number of halogens is 1. The van der Waals surface area contributed by atoms with Gasteiger partial charge in [0.25, 0.3) is 0 Å². The van der Waals surface area contributed by atoms with Crippen molar-refractivity contribution in [1.82, 2.24) is 9.78 Å². The lowest BCUT2D eigenvalue weighted by Gasteiger charge is -2.03. The second-order valence-corrected chi connectivity index (χ2v) is 5.89. The van der Waals surface area contributed by atoms with Crippen LogP contribution in [-0.4, -0.2) is 28.1 Å². The van der Waals surface area contributed by atoms with E-state index in [2.05, 4.69) is 5.10 Å². The van der Waals surface area contributed by atoms with Crippen LogP contribution in [0.3, 0.4) is 0 Å². The lowest BCUT2D eigenvalue weighted by atomic mass is 10.1. The Morgan fingerprint density at radius 1 is 1.08 bits per heavy atom. The summed E-state index contributed by atoms with van der Waals surface area (Å²) in [6.45, 7) is 1.09. The molecule has 0 N–H and O–H groups in total. The van der Waals surface area contributed by atoms with Gasteiger partial charge < -0.3 is 4.74 Å². The number of ketones is 1. The van der Waals surface area contributed by atoms with Gasteiger partial charge in [-0.3, -0.25) is 4.79 Å². The molecule has 0 unspecified atom stereocenters. The van der Waals surface area contributed by atoms with Gasteiger partial charge >= 0.3 is 5.97 Å². The summed E-state index contributed by atoms with van der Waals surface area (Å²) in [5.41, 5.74) is 2.29. The number of benzene rings is 2. The topological polar surface area (TPSA) is 61.2 Å². The van der Waals surface area contributed by atoms with E-state index in [0.29, 0.717) is 10.7 Å². The number of carbonyl (C=O) groups is 2. The van der Waals surface area contributed by atoms with Crippen LogP contribution in [0.4, 0.5) is 0 Å². The van der Waals surface area contributed by atoms with E-state index < -0.39 is 5.97 Å². The number of Topliss-reactive ketones (excluding diaryl/α,β-unsaturated/α-hetero) is 1. The van der Waals surface area contributed by atoms with Crippen LogP contribution in [0.2, 0.25) is 5.02 Å². The number of aromatic nitrogens is 2. The molecule has 0 aliphatic heterocycles. The first-order chi connectivity index (χ1) is 12.0. The highest BCUT2D eigenvalue weighted by molar-refractivity contribution is 6.30. The third kappa shape index (κ3) is 3.95. The number of nitrogens with zero attached hydrogens (tertiary/aromatic N) is 2. The van der Waals surface area contributed by atoms with Crippen molar-refractivity contribution in [3.05, 3.63) is 71.4 Å². The van der Waals surface area contributed by atoms with Crippen LogP contribution in [0.25, 0.3) is 16.9 Å². The molecule has 6 heteroatoms. The van der Waals surface area contributed by atoms with Gasteiger partial charge in [0.2, 0.25) is 0 Å². The molecule has 0 fully saturated rings. The second-order valence-electron chi connectivity index (χ2n) is 5.46. The highest BCUT2D eigenvalue weighted by Crippen LogP contribution is 2.25. The third-order valence-electron chi connectivity index (χ3n) is 3.48. The summed E-state index contributed by atoms with van der Waals surface area (Å²) in [7, 11) is 0. The predicted octanol–water partition coefficient (Wildman–Crippen LogP) is 3.94. The van der Waals surface area contributed by atoms with E-state index in [0.717, 1.165) is 11.3 Å². The zero-order valence-electron chi connectivity index (χ0n) is 13.5. The first-order valence-electron chi connectivity index (χ1n) is 7.62. The van der Waals surface area contributed by atoms with Crippen molar-refractivity contribution in [2.24, 2.45) is 0 Å². The molecule has 1 aromatic heterocycles. The minimum absolute atomic E-state index is 0.225. The molecule has 3 aromatic rings. The minimum Gasteiger partial charge on any atom is -0.454 e. The quantitative estimate of drug-likeness (QED) is 0.651. The molecule has 1 heterocycles. The SMILES string of the molecule is CC(=O)COC(=O)c1cn(-c2ccccc2)nc1-c1ccc(Cl)cc1. The van der Waals surface area contributed by atoms with E-state index in [-0.39, 0.29) is 18.0 Å². The van der Waals surface area contributed by atoms with Gasteiger partial charge in [-0.2, -0.15) is 5.10 Å². The Morgan fingerprint density at radius 2 is 1.76 bits per heavy atom. The van der Waals surface area contributed by atoms with Crippen LogP contribution in [0.1, 0.15) is 17.3 Å². The van der Waals surface area contributed by atoms with Crippen molar-refractivity contribution in [3.8, 4) is 16.9 Å². The highest BCUT2D eigenvalue weighted by Gasteiger charge is 2.20. The molecule has 3 rings (SSSR count). The average Bonchev–Trinajstić information content (AvgIpc) is 3.06. The van der Waals surface area contributed by atoms with Crippen LogP contribution in [-0.2, 0) is 9.53 Å². The summed E-state index contributed by atoms with van der Waals surface area (Å²) in [5, 5.41) is 5.11. The molecule has 0 atom stereocenters. The number of esters is 1. The fraction of sp³-hybridized carbons (Fsp3) is 0.105. The number of hydrogen-bond donors (Lipinski definition) is 0. The van der Waals surface area contributed by atoms with E-state index in [9.17, 15) is 9.59 Å². The third-order valence-corrected chi connectivity index (χ3v) is 3.73. The first kappa shape index (κ1) is 16.9. The summed E-state index contributed by atoms with van der Waals surface area (Å²) in [6, 6.07) is 16.4. The van der Waals surface area contributed by atoms with Gasteiger partial charge in [-0.1, -0.05) is 41.9 Å². The van der Waals surface area contributed by atoms with Crippen LogP contribution in [0.15, 0.2) is 60.8 Å². The van der Waals surface area contributed by atoms with Gasteiger partial charge in [-0.15, -0.1) is 0 Å². The maximum absolute atomic E-state index is 12.4. The number of hydrogen-bond acceptors (Lipinski definition) is 4. The summed E-state index contributed by atoms with van der Waals surface area (Å²) in [4.78, 5) is 23.5. The Labute approximate surface area is 149 Å². The molecular weight excluding hydrogens is 340 g/mol. The Balaban J connectivity index is 2.04. The van der Waals surface area contributed by atoms with E-state index in [1.165, 1.54) is 6.92 Å². The van der Waals surface area contributed by atoms with E-state index in [1.807, 2.05) is 30.3 Å². The second kappa shape index (κ2) is 7.32. The number of rotatable bonds is 5. The van der Waals surface area contributed by atoms with Gasteiger partial charge in [-0.25, -0.2) is 9.48 Å². The van der Waals surface area contributed by atoms with Crippen molar-refractivity contribution in [2.45, 2.75) is 6.92 Å². The van der Waals surface area contributed by atoms with Crippen LogP contribution < -0.4 is 0 Å². The zero-order valence-corrected chi connectivity index (χ0v) is 14.2. The average molecular weight is 355 g/mol. The fourth-order valence-corrected chi connectivity index (χ4v) is 2.43. The summed E-state index contributed by atoms with van der Waals surface area (Å²) < 4.78 is 6.66. The monoisotopic (exact) mass is 354 g/mol. The lowest BCUT2D eigenvalue weighted by molar-refractivity contribution is -0.120.